The van der Waals surface area contributed by atoms with Gasteiger partial charge >= 0.3 is 6.09 Å². The van der Waals surface area contributed by atoms with E-state index in [1.165, 1.54) is 0 Å². The number of ether oxygens (including phenoxy) is 1. The summed E-state index contributed by atoms with van der Waals surface area (Å²) >= 11 is 0. The van der Waals surface area contributed by atoms with Crippen molar-refractivity contribution in [1.29, 1.82) is 0 Å². The summed E-state index contributed by atoms with van der Waals surface area (Å²) in [7, 11) is 0. The van der Waals surface area contributed by atoms with E-state index in [2.05, 4.69) is 9.72 Å². The van der Waals surface area contributed by atoms with Gasteiger partial charge in [-0.3, -0.25) is 14.6 Å². The normalized spacial score (nSPS) is 19.4. The van der Waals surface area contributed by atoms with E-state index in [0.717, 1.165) is 4.90 Å². The van der Waals surface area contributed by atoms with Crippen LogP contribution in [0.3, 0.4) is 0 Å². The van der Waals surface area contributed by atoms with E-state index in [9.17, 15) is 14.4 Å². The van der Waals surface area contributed by atoms with Crippen LogP contribution in [0.25, 0.3) is 0 Å². The molecule has 1 aromatic heterocycles. The molecule has 0 spiro atoms. The standard InChI is InChI=1S/C12H11N3O4/c16-10-7-19-12(18)15(10)8-5-14(6-8)11(17)9-3-1-2-4-13-9/h1-4,8H,5-7H2. The molecule has 0 N–H and O–H groups in total. The highest BCUT2D eigenvalue weighted by Crippen LogP contribution is 2.21. The first kappa shape index (κ1) is 11.6. The molecule has 2 fully saturated rings. The number of aromatic nitrogens is 1. The minimum absolute atomic E-state index is 0.197. The number of cyclic esters (lactones) is 1. The Morgan fingerprint density at radius 1 is 1.32 bits per heavy atom. The second kappa shape index (κ2) is 4.34. The lowest BCUT2D eigenvalue weighted by Crippen LogP contribution is -2.62. The second-order valence-corrected chi connectivity index (χ2v) is 4.40. The minimum Gasteiger partial charge on any atom is -0.439 e. The van der Waals surface area contributed by atoms with Gasteiger partial charge in [0.25, 0.3) is 11.8 Å². The van der Waals surface area contributed by atoms with Crippen LogP contribution in [0, 0.1) is 0 Å². The lowest BCUT2D eigenvalue weighted by molar-refractivity contribution is -0.129. The van der Waals surface area contributed by atoms with Gasteiger partial charge in [0, 0.05) is 19.3 Å². The van der Waals surface area contributed by atoms with E-state index in [0.29, 0.717) is 18.8 Å². The molecule has 0 unspecified atom stereocenters. The molecule has 3 amide bonds. The van der Waals surface area contributed by atoms with Crippen molar-refractivity contribution in [1.82, 2.24) is 14.8 Å². The number of imide groups is 1. The molecule has 3 heterocycles. The van der Waals surface area contributed by atoms with Gasteiger partial charge in [-0.25, -0.2) is 9.69 Å². The van der Waals surface area contributed by atoms with Gasteiger partial charge < -0.3 is 9.64 Å². The number of nitrogens with zero attached hydrogens (tertiary/aromatic N) is 3. The van der Waals surface area contributed by atoms with Crippen LogP contribution in [0.2, 0.25) is 0 Å². The van der Waals surface area contributed by atoms with Crippen LogP contribution in [-0.4, -0.2) is 58.4 Å². The van der Waals surface area contributed by atoms with Gasteiger partial charge in [0.2, 0.25) is 0 Å². The molecule has 3 rings (SSSR count). The van der Waals surface area contributed by atoms with Gasteiger partial charge in [-0.15, -0.1) is 0 Å². The van der Waals surface area contributed by atoms with Crippen molar-refractivity contribution in [2.45, 2.75) is 6.04 Å². The predicted molar refractivity (Wildman–Crippen MR) is 62.1 cm³/mol. The molecule has 98 valence electrons. The maximum absolute atomic E-state index is 12.0. The summed E-state index contributed by atoms with van der Waals surface area (Å²) in [5.74, 6) is -0.545. The summed E-state index contributed by atoms with van der Waals surface area (Å²) in [5, 5.41) is 0. The first-order valence-corrected chi connectivity index (χ1v) is 5.86. The number of rotatable bonds is 2. The first-order chi connectivity index (χ1) is 9.16. The van der Waals surface area contributed by atoms with Crippen LogP contribution in [0.1, 0.15) is 10.5 Å². The van der Waals surface area contributed by atoms with Crippen LogP contribution in [0.5, 0.6) is 0 Å². The largest absolute Gasteiger partial charge is 0.439 e. The van der Waals surface area contributed by atoms with Crippen molar-refractivity contribution < 1.29 is 19.1 Å². The zero-order chi connectivity index (χ0) is 13.4. The number of amides is 3. The zero-order valence-electron chi connectivity index (χ0n) is 9.98. The molecule has 0 aliphatic carbocycles. The van der Waals surface area contributed by atoms with Crippen LogP contribution < -0.4 is 0 Å². The summed E-state index contributed by atoms with van der Waals surface area (Å²) < 4.78 is 4.64. The molecule has 0 saturated carbocycles. The third-order valence-electron chi connectivity index (χ3n) is 3.18. The van der Waals surface area contributed by atoms with Crippen LogP contribution in [-0.2, 0) is 9.53 Å². The fourth-order valence-electron chi connectivity index (χ4n) is 2.15. The molecule has 1 aromatic rings. The zero-order valence-corrected chi connectivity index (χ0v) is 9.98. The number of hydrogen-bond acceptors (Lipinski definition) is 5. The Morgan fingerprint density at radius 3 is 2.68 bits per heavy atom. The highest BCUT2D eigenvalue weighted by Gasteiger charge is 2.44. The molecule has 7 nitrogen and oxygen atoms in total. The van der Waals surface area contributed by atoms with Crippen molar-refractivity contribution >= 4 is 17.9 Å². The summed E-state index contributed by atoms with van der Waals surface area (Å²) in [5.41, 5.74) is 0.358. The van der Waals surface area contributed by atoms with Crippen molar-refractivity contribution in [2.75, 3.05) is 19.7 Å². The monoisotopic (exact) mass is 261 g/mol. The number of carbonyl (C=O) groups excluding carboxylic acids is 3. The van der Waals surface area contributed by atoms with Crippen molar-refractivity contribution in [3.05, 3.63) is 30.1 Å². The summed E-state index contributed by atoms with van der Waals surface area (Å²) in [6.07, 6.45) is 0.922. The van der Waals surface area contributed by atoms with E-state index in [1.54, 1.807) is 29.3 Å². The Bertz CT molecular complexity index is 523. The number of carbonyl (C=O) groups is 3. The van der Waals surface area contributed by atoms with E-state index >= 15 is 0 Å². The Hall–Kier alpha value is -2.44. The van der Waals surface area contributed by atoms with Gasteiger partial charge in [-0.1, -0.05) is 6.07 Å². The van der Waals surface area contributed by atoms with Gasteiger partial charge in [0.15, 0.2) is 6.61 Å². The molecular formula is C12H11N3O4. The third-order valence-corrected chi connectivity index (χ3v) is 3.18. The molecule has 0 atom stereocenters. The second-order valence-electron chi connectivity index (χ2n) is 4.40. The van der Waals surface area contributed by atoms with E-state index in [4.69, 9.17) is 0 Å². The Balaban J connectivity index is 1.63. The maximum atomic E-state index is 12.0. The molecule has 0 radical (unpaired) electrons. The fourth-order valence-corrected chi connectivity index (χ4v) is 2.15. The number of likely N-dealkylation sites (tertiary alicyclic amines) is 1. The lowest BCUT2D eigenvalue weighted by atomic mass is 10.1. The SMILES string of the molecule is O=C(c1ccccn1)N1CC(N2C(=O)COC2=O)C1. The van der Waals surface area contributed by atoms with Gasteiger partial charge in [-0.2, -0.15) is 0 Å². The topological polar surface area (TPSA) is 79.8 Å². The summed E-state index contributed by atoms with van der Waals surface area (Å²) in [4.78, 5) is 41.4. The van der Waals surface area contributed by atoms with Gasteiger partial charge in [0.05, 0.1) is 6.04 Å². The highest BCUT2D eigenvalue weighted by molar-refractivity contribution is 5.99. The first-order valence-electron chi connectivity index (χ1n) is 5.86. The molecule has 0 aromatic carbocycles. The van der Waals surface area contributed by atoms with Gasteiger partial charge in [0.1, 0.15) is 5.69 Å². The summed E-state index contributed by atoms with van der Waals surface area (Å²) in [6, 6.07) is 4.81. The van der Waals surface area contributed by atoms with E-state index in [-0.39, 0.29) is 24.5 Å². The quantitative estimate of drug-likeness (QED) is 0.741. The maximum Gasteiger partial charge on any atom is 0.417 e. The molecule has 2 aliphatic heterocycles. The highest BCUT2D eigenvalue weighted by atomic mass is 16.6. The van der Waals surface area contributed by atoms with E-state index in [1.807, 2.05) is 0 Å². The minimum atomic E-state index is -0.625. The fraction of sp³-hybridized carbons (Fsp3) is 0.333. The van der Waals surface area contributed by atoms with Crippen LogP contribution in [0.15, 0.2) is 24.4 Å². The number of pyridine rings is 1. The average molecular weight is 261 g/mol. The van der Waals surface area contributed by atoms with Crippen LogP contribution in [0.4, 0.5) is 4.79 Å². The average Bonchev–Trinajstić information content (AvgIpc) is 2.70. The molecule has 2 saturated heterocycles. The molecule has 2 aliphatic rings. The Morgan fingerprint density at radius 2 is 2.11 bits per heavy atom. The molecule has 0 bridgehead atoms. The smallest absolute Gasteiger partial charge is 0.417 e. The predicted octanol–water partition coefficient (Wildman–Crippen LogP) is -0.115. The molecule has 7 heteroatoms. The summed E-state index contributed by atoms with van der Waals surface area (Å²) in [6.45, 7) is 0.454. The lowest BCUT2D eigenvalue weighted by Gasteiger charge is -2.41. The number of hydrogen-bond donors (Lipinski definition) is 0. The van der Waals surface area contributed by atoms with Crippen molar-refractivity contribution in [3.63, 3.8) is 0 Å². The molecular weight excluding hydrogens is 250 g/mol. The van der Waals surface area contributed by atoms with Crippen molar-refractivity contribution in [2.24, 2.45) is 0 Å². The van der Waals surface area contributed by atoms with Gasteiger partial charge in [-0.05, 0) is 12.1 Å². The third kappa shape index (κ3) is 1.92. The van der Waals surface area contributed by atoms with E-state index < -0.39 is 6.09 Å². The Labute approximate surface area is 108 Å². The van der Waals surface area contributed by atoms with Crippen LogP contribution >= 0.6 is 0 Å². The Kier molecular flexibility index (Phi) is 2.66. The van der Waals surface area contributed by atoms with Crippen molar-refractivity contribution in [3.8, 4) is 0 Å². The molecule has 19 heavy (non-hydrogen) atoms.